The van der Waals surface area contributed by atoms with Crippen LogP contribution in [-0.4, -0.2) is 37.1 Å². The van der Waals surface area contributed by atoms with Gasteiger partial charge in [0, 0.05) is 24.8 Å². The van der Waals surface area contributed by atoms with Gasteiger partial charge in [-0.15, -0.1) is 0 Å². The number of anilines is 2. The number of rotatable bonds is 4. The normalized spacial score (nSPS) is 14.8. The second-order valence-corrected chi connectivity index (χ2v) is 6.56. The van der Waals surface area contributed by atoms with Gasteiger partial charge in [-0.3, -0.25) is 4.79 Å². The van der Waals surface area contributed by atoms with Crippen molar-refractivity contribution < 1.29 is 14.3 Å². The first-order chi connectivity index (χ1) is 12.6. The van der Waals surface area contributed by atoms with Crippen molar-refractivity contribution in [3.63, 3.8) is 0 Å². The van der Waals surface area contributed by atoms with Crippen molar-refractivity contribution in [1.82, 2.24) is 4.98 Å². The highest BCUT2D eigenvalue weighted by Crippen LogP contribution is 2.23. The molecule has 2 heterocycles. The largest absolute Gasteiger partial charge is 0.465 e. The number of hydrogen-bond acceptors (Lipinski definition) is 5. The Balaban J connectivity index is 1.77. The van der Waals surface area contributed by atoms with Crippen LogP contribution in [-0.2, 0) is 4.74 Å². The quantitative estimate of drug-likeness (QED) is 0.854. The lowest BCUT2D eigenvalue weighted by molar-refractivity contribution is 0.0602. The number of esters is 1. The van der Waals surface area contributed by atoms with Gasteiger partial charge in [0.2, 0.25) is 0 Å². The second kappa shape index (κ2) is 7.99. The number of carbonyl (C=O) groups excluding carboxylic acids is 2. The van der Waals surface area contributed by atoms with Crippen LogP contribution in [0.1, 0.15) is 40.5 Å². The lowest BCUT2D eigenvalue weighted by atomic mass is 9.99. The summed E-state index contributed by atoms with van der Waals surface area (Å²) in [5.74, 6) is 0.771. The summed E-state index contributed by atoms with van der Waals surface area (Å²) in [7, 11) is 1.32. The standard InChI is InChI=1S/C20H23N3O3/c1-14-8-11-23(12-9-14)18-13-15(7-10-21-18)19(24)22-17-6-4-3-5-16(17)20(25)26-2/h3-7,10,13-14H,8-9,11-12H2,1-2H3,(H,22,24). The van der Waals surface area contributed by atoms with Gasteiger partial charge < -0.3 is 15.0 Å². The van der Waals surface area contributed by atoms with Crippen molar-refractivity contribution in [1.29, 1.82) is 0 Å². The van der Waals surface area contributed by atoms with E-state index in [9.17, 15) is 9.59 Å². The van der Waals surface area contributed by atoms with Gasteiger partial charge in [0.1, 0.15) is 5.82 Å². The Bertz CT molecular complexity index is 798. The summed E-state index contributed by atoms with van der Waals surface area (Å²) >= 11 is 0. The van der Waals surface area contributed by atoms with Gasteiger partial charge in [-0.1, -0.05) is 19.1 Å². The van der Waals surface area contributed by atoms with Crippen LogP contribution in [0, 0.1) is 5.92 Å². The highest BCUT2D eigenvalue weighted by atomic mass is 16.5. The first kappa shape index (κ1) is 17.9. The molecule has 136 valence electrons. The van der Waals surface area contributed by atoms with Crippen LogP contribution in [0.25, 0.3) is 0 Å². The van der Waals surface area contributed by atoms with Gasteiger partial charge in [0.15, 0.2) is 0 Å². The summed E-state index contributed by atoms with van der Waals surface area (Å²) in [6.45, 7) is 4.15. The minimum absolute atomic E-state index is 0.282. The molecular weight excluding hydrogens is 330 g/mol. The summed E-state index contributed by atoms with van der Waals surface area (Å²) in [5, 5.41) is 2.79. The molecule has 1 aliphatic heterocycles. The van der Waals surface area contributed by atoms with Crippen LogP contribution in [0.5, 0.6) is 0 Å². The Hall–Kier alpha value is -2.89. The molecule has 2 aromatic rings. The molecule has 6 heteroatoms. The van der Waals surface area contributed by atoms with Crippen molar-refractivity contribution in [2.75, 3.05) is 30.4 Å². The SMILES string of the molecule is COC(=O)c1ccccc1NC(=O)c1ccnc(N2CCC(C)CC2)c1. The van der Waals surface area contributed by atoms with Crippen molar-refractivity contribution in [3.05, 3.63) is 53.7 Å². The van der Waals surface area contributed by atoms with Crippen LogP contribution in [0.2, 0.25) is 0 Å². The molecule has 1 saturated heterocycles. The average molecular weight is 353 g/mol. The summed E-state index contributed by atoms with van der Waals surface area (Å²) in [5.41, 5.74) is 1.26. The molecule has 0 bridgehead atoms. The highest BCUT2D eigenvalue weighted by molar-refractivity contribution is 6.08. The molecule has 0 spiro atoms. The van der Waals surface area contributed by atoms with Gasteiger partial charge in [0.25, 0.3) is 5.91 Å². The fourth-order valence-corrected chi connectivity index (χ4v) is 3.04. The fraction of sp³-hybridized carbons (Fsp3) is 0.350. The van der Waals surface area contributed by atoms with E-state index in [2.05, 4.69) is 22.1 Å². The van der Waals surface area contributed by atoms with Gasteiger partial charge in [-0.2, -0.15) is 0 Å². The van der Waals surface area contributed by atoms with Gasteiger partial charge >= 0.3 is 5.97 Å². The van der Waals surface area contributed by atoms with E-state index < -0.39 is 5.97 Å². The Kier molecular flexibility index (Phi) is 5.51. The first-order valence-corrected chi connectivity index (χ1v) is 8.78. The monoisotopic (exact) mass is 353 g/mol. The number of nitrogens with one attached hydrogen (secondary N) is 1. The number of amides is 1. The maximum atomic E-state index is 12.7. The van der Waals surface area contributed by atoms with Gasteiger partial charge in [0.05, 0.1) is 18.4 Å². The predicted molar refractivity (Wildman–Crippen MR) is 101 cm³/mol. The molecule has 3 rings (SSSR count). The Morgan fingerprint density at radius 1 is 1.19 bits per heavy atom. The van der Waals surface area contributed by atoms with Crippen molar-refractivity contribution in [2.24, 2.45) is 5.92 Å². The zero-order chi connectivity index (χ0) is 18.5. The number of aromatic nitrogens is 1. The molecule has 26 heavy (non-hydrogen) atoms. The molecule has 1 aromatic heterocycles. The van der Waals surface area contributed by atoms with E-state index in [0.717, 1.165) is 37.7 Å². The Labute approximate surface area is 153 Å². The topological polar surface area (TPSA) is 71.5 Å². The van der Waals surface area contributed by atoms with E-state index in [1.54, 1.807) is 42.6 Å². The molecule has 1 N–H and O–H groups in total. The predicted octanol–water partition coefficient (Wildman–Crippen LogP) is 3.36. The molecule has 0 unspecified atom stereocenters. The number of carbonyl (C=O) groups is 2. The summed E-state index contributed by atoms with van der Waals surface area (Å²) in [6.07, 6.45) is 3.91. The molecule has 0 radical (unpaired) electrons. The molecule has 1 fully saturated rings. The van der Waals surface area contributed by atoms with E-state index in [1.165, 1.54) is 7.11 Å². The van der Waals surface area contributed by atoms with Crippen LogP contribution in [0.4, 0.5) is 11.5 Å². The Morgan fingerprint density at radius 2 is 1.92 bits per heavy atom. The number of para-hydroxylation sites is 1. The summed E-state index contributed by atoms with van der Waals surface area (Å²) in [6, 6.07) is 10.3. The number of ether oxygens (including phenoxy) is 1. The minimum atomic E-state index is -0.487. The smallest absolute Gasteiger partial charge is 0.339 e. The third kappa shape index (κ3) is 4.02. The number of piperidine rings is 1. The van der Waals surface area contributed by atoms with Crippen molar-refractivity contribution in [2.45, 2.75) is 19.8 Å². The summed E-state index contributed by atoms with van der Waals surface area (Å²) < 4.78 is 4.76. The molecule has 6 nitrogen and oxygen atoms in total. The average Bonchev–Trinajstić information content (AvgIpc) is 2.68. The van der Waals surface area contributed by atoms with Crippen LogP contribution < -0.4 is 10.2 Å². The second-order valence-electron chi connectivity index (χ2n) is 6.56. The number of hydrogen-bond donors (Lipinski definition) is 1. The number of methoxy groups -OCH3 is 1. The highest BCUT2D eigenvalue weighted by Gasteiger charge is 2.19. The number of benzene rings is 1. The molecule has 0 saturated carbocycles. The maximum absolute atomic E-state index is 12.7. The van der Waals surface area contributed by atoms with Crippen LogP contribution >= 0.6 is 0 Å². The molecular formula is C20H23N3O3. The molecule has 1 amide bonds. The van der Waals surface area contributed by atoms with E-state index in [1.807, 2.05) is 0 Å². The summed E-state index contributed by atoms with van der Waals surface area (Å²) in [4.78, 5) is 31.1. The van der Waals surface area contributed by atoms with E-state index >= 15 is 0 Å². The maximum Gasteiger partial charge on any atom is 0.339 e. The van der Waals surface area contributed by atoms with E-state index in [0.29, 0.717) is 16.8 Å². The molecule has 0 aliphatic carbocycles. The zero-order valence-corrected chi connectivity index (χ0v) is 15.1. The number of nitrogens with zero attached hydrogens (tertiary/aromatic N) is 2. The third-order valence-electron chi connectivity index (χ3n) is 4.70. The van der Waals surface area contributed by atoms with E-state index in [-0.39, 0.29) is 5.91 Å². The number of pyridine rings is 1. The minimum Gasteiger partial charge on any atom is -0.465 e. The zero-order valence-electron chi connectivity index (χ0n) is 15.1. The van der Waals surface area contributed by atoms with Crippen LogP contribution in [0.3, 0.4) is 0 Å². The van der Waals surface area contributed by atoms with E-state index in [4.69, 9.17) is 4.74 Å². The molecule has 1 aromatic carbocycles. The van der Waals surface area contributed by atoms with Crippen LogP contribution in [0.15, 0.2) is 42.6 Å². The Morgan fingerprint density at radius 3 is 2.65 bits per heavy atom. The molecule has 1 aliphatic rings. The fourth-order valence-electron chi connectivity index (χ4n) is 3.04. The van der Waals surface area contributed by atoms with Gasteiger partial charge in [-0.05, 0) is 43.0 Å². The lowest BCUT2D eigenvalue weighted by Crippen LogP contribution is -2.33. The lowest BCUT2D eigenvalue weighted by Gasteiger charge is -2.31. The first-order valence-electron chi connectivity index (χ1n) is 8.78. The van der Waals surface area contributed by atoms with Gasteiger partial charge in [-0.25, -0.2) is 9.78 Å². The van der Waals surface area contributed by atoms with Crippen molar-refractivity contribution in [3.8, 4) is 0 Å². The van der Waals surface area contributed by atoms with Crippen molar-refractivity contribution >= 4 is 23.4 Å². The molecule has 0 atom stereocenters. The third-order valence-corrected chi connectivity index (χ3v) is 4.70.